The average molecular weight is 342 g/mol. The summed E-state index contributed by atoms with van der Waals surface area (Å²) in [6.45, 7) is 1.93. The number of nitrogens with zero attached hydrogens (tertiary/aromatic N) is 2. The standard InChI is InChI=1S/C21H18N4O/c1-15(16-7-3-2-4-8-16)24-21(26)20-12-11-18(14-23-20)25-19-10-6-5-9-17(19)13-22/h2-12,14-15,25H,1H3,(H,24,26). The third-order valence-corrected chi connectivity index (χ3v) is 3.97. The van der Waals surface area contributed by atoms with Crippen molar-refractivity contribution in [3.8, 4) is 6.07 Å². The van der Waals surface area contributed by atoms with Crippen LogP contribution in [0.5, 0.6) is 0 Å². The lowest BCUT2D eigenvalue weighted by Crippen LogP contribution is -2.27. The summed E-state index contributed by atoms with van der Waals surface area (Å²) in [5, 5.41) is 15.2. The zero-order valence-electron chi connectivity index (χ0n) is 14.3. The van der Waals surface area contributed by atoms with Crippen LogP contribution in [0.15, 0.2) is 72.9 Å². The summed E-state index contributed by atoms with van der Waals surface area (Å²) in [7, 11) is 0. The number of hydrogen-bond acceptors (Lipinski definition) is 4. The molecular weight excluding hydrogens is 324 g/mol. The Labute approximate surface area is 152 Å². The Hall–Kier alpha value is -3.65. The van der Waals surface area contributed by atoms with Crippen molar-refractivity contribution in [1.29, 1.82) is 5.26 Å². The van der Waals surface area contributed by atoms with Gasteiger partial charge in [0.1, 0.15) is 11.8 Å². The van der Waals surface area contributed by atoms with Gasteiger partial charge in [-0.05, 0) is 36.8 Å². The fourth-order valence-electron chi connectivity index (χ4n) is 2.54. The van der Waals surface area contributed by atoms with Gasteiger partial charge in [0.05, 0.1) is 29.2 Å². The van der Waals surface area contributed by atoms with Crippen molar-refractivity contribution < 1.29 is 4.79 Å². The Morgan fingerprint density at radius 3 is 2.46 bits per heavy atom. The van der Waals surface area contributed by atoms with E-state index in [9.17, 15) is 4.79 Å². The summed E-state index contributed by atoms with van der Waals surface area (Å²) < 4.78 is 0. The first-order chi connectivity index (χ1) is 12.7. The summed E-state index contributed by atoms with van der Waals surface area (Å²) in [6, 6.07) is 22.4. The van der Waals surface area contributed by atoms with Crippen molar-refractivity contribution in [2.45, 2.75) is 13.0 Å². The minimum absolute atomic E-state index is 0.106. The van der Waals surface area contributed by atoms with E-state index in [-0.39, 0.29) is 11.9 Å². The molecule has 1 unspecified atom stereocenters. The lowest BCUT2D eigenvalue weighted by molar-refractivity contribution is 0.0935. The van der Waals surface area contributed by atoms with E-state index in [4.69, 9.17) is 5.26 Å². The molecule has 1 amide bonds. The molecule has 3 rings (SSSR count). The molecule has 0 saturated heterocycles. The summed E-state index contributed by atoms with van der Waals surface area (Å²) in [6.07, 6.45) is 1.58. The van der Waals surface area contributed by atoms with Crippen LogP contribution in [-0.4, -0.2) is 10.9 Å². The lowest BCUT2D eigenvalue weighted by Gasteiger charge is -2.14. The molecule has 2 aromatic carbocycles. The first-order valence-corrected chi connectivity index (χ1v) is 8.25. The van der Waals surface area contributed by atoms with Crippen molar-refractivity contribution in [3.63, 3.8) is 0 Å². The summed E-state index contributed by atoms with van der Waals surface area (Å²) >= 11 is 0. The van der Waals surface area contributed by atoms with Crippen LogP contribution < -0.4 is 10.6 Å². The molecule has 1 atom stereocenters. The highest BCUT2D eigenvalue weighted by Crippen LogP contribution is 2.20. The molecule has 0 spiro atoms. The van der Waals surface area contributed by atoms with Gasteiger partial charge in [0, 0.05) is 0 Å². The van der Waals surface area contributed by atoms with Crippen LogP contribution in [0, 0.1) is 11.3 Å². The number of anilines is 2. The van der Waals surface area contributed by atoms with Gasteiger partial charge in [-0.1, -0.05) is 42.5 Å². The van der Waals surface area contributed by atoms with Gasteiger partial charge < -0.3 is 10.6 Å². The minimum Gasteiger partial charge on any atom is -0.353 e. The first-order valence-electron chi connectivity index (χ1n) is 8.25. The van der Waals surface area contributed by atoms with E-state index in [0.717, 1.165) is 5.56 Å². The van der Waals surface area contributed by atoms with Crippen LogP contribution in [0.1, 0.15) is 34.6 Å². The number of nitriles is 1. The van der Waals surface area contributed by atoms with Gasteiger partial charge in [-0.25, -0.2) is 4.98 Å². The molecule has 1 aromatic heterocycles. The summed E-state index contributed by atoms with van der Waals surface area (Å²) in [4.78, 5) is 16.6. The van der Waals surface area contributed by atoms with Crippen LogP contribution in [0.3, 0.4) is 0 Å². The quantitative estimate of drug-likeness (QED) is 0.729. The third-order valence-electron chi connectivity index (χ3n) is 3.97. The number of aromatic nitrogens is 1. The van der Waals surface area contributed by atoms with Crippen LogP contribution in [0.2, 0.25) is 0 Å². The number of pyridine rings is 1. The topological polar surface area (TPSA) is 77.8 Å². The second kappa shape index (κ2) is 7.95. The summed E-state index contributed by atoms with van der Waals surface area (Å²) in [5.41, 5.74) is 3.33. The number of benzene rings is 2. The number of nitrogens with one attached hydrogen (secondary N) is 2. The van der Waals surface area contributed by atoms with Crippen LogP contribution in [0.4, 0.5) is 11.4 Å². The molecule has 0 radical (unpaired) electrons. The Kier molecular flexibility index (Phi) is 5.25. The second-order valence-corrected chi connectivity index (χ2v) is 5.82. The van der Waals surface area contributed by atoms with Gasteiger partial charge in [-0.3, -0.25) is 4.79 Å². The fourth-order valence-corrected chi connectivity index (χ4v) is 2.54. The number of carbonyl (C=O) groups excluding carboxylic acids is 1. The molecule has 0 aliphatic carbocycles. The molecule has 0 bridgehead atoms. The number of para-hydroxylation sites is 1. The smallest absolute Gasteiger partial charge is 0.270 e. The zero-order valence-corrected chi connectivity index (χ0v) is 14.3. The Bertz CT molecular complexity index is 930. The fraction of sp³-hybridized carbons (Fsp3) is 0.0952. The molecular formula is C21H18N4O. The Balaban J connectivity index is 1.67. The maximum absolute atomic E-state index is 12.4. The van der Waals surface area contributed by atoms with Crippen molar-refractivity contribution in [3.05, 3.63) is 89.7 Å². The van der Waals surface area contributed by atoms with Gasteiger partial charge in [0.25, 0.3) is 5.91 Å². The van der Waals surface area contributed by atoms with Gasteiger partial charge in [-0.2, -0.15) is 5.26 Å². The SMILES string of the molecule is CC(NC(=O)c1ccc(Nc2ccccc2C#N)cn1)c1ccccc1. The molecule has 128 valence electrons. The van der Waals surface area contributed by atoms with Crippen LogP contribution >= 0.6 is 0 Å². The molecule has 0 aliphatic rings. The van der Waals surface area contributed by atoms with Gasteiger partial charge in [-0.15, -0.1) is 0 Å². The predicted molar refractivity (Wildman–Crippen MR) is 101 cm³/mol. The molecule has 5 heteroatoms. The van der Waals surface area contributed by atoms with E-state index in [1.807, 2.05) is 55.5 Å². The van der Waals surface area contributed by atoms with Crippen molar-refractivity contribution >= 4 is 17.3 Å². The van der Waals surface area contributed by atoms with Crippen LogP contribution in [0.25, 0.3) is 0 Å². The molecule has 0 aliphatic heterocycles. The predicted octanol–water partition coefficient (Wildman–Crippen LogP) is 4.19. The molecule has 1 heterocycles. The van der Waals surface area contributed by atoms with E-state index in [0.29, 0.717) is 22.6 Å². The maximum Gasteiger partial charge on any atom is 0.270 e. The molecule has 5 nitrogen and oxygen atoms in total. The van der Waals surface area contributed by atoms with Crippen molar-refractivity contribution in [2.75, 3.05) is 5.32 Å². The molecule has 0 saturated carbocycles. The van der Waals surface area contributed by atoms with E-state index in [1.165, 1.54) is 0 Å². The van der Waals surface area contributed by atoms with Crippen molar-refractivity contribution in [1.82, 2.24) is 10.3 Å². The number of amides is 1. The lowest BCUT2D eigenvalue weighted by atomic mass is 10.1. The molecule has 2 N–H and O–H groups in total. The second-order valence-electron chi connectivity index (χ2n) is 5.82. The summed E-state index contributed by atoms with van der Waals surface area (Å²) in [5.74, 6) is -0.231. The highest BCUT2D eigenvalue weighted by Gasteiger charge is 2.12. The zero-order chi connectivity index (χ0) is 18.4. The van der Waals surface area contributed by atoms with E-state index < -0.39 is 0 Å². The number of rotatable bonds is 5. The Morgan fingerprint density at radius 1 is 1.04 bits per heavy atom. The highest BCUT2D eigenvalue weighted by molar-refractivity contribution is 5.92. The molecule has 26 heavy (non-hydrogen) atoms. The number of hydrogen-bond donors (Lipinski definition) is 2. The van der Waals surface area contributed by atoms with Crippen LogP contribution in [-0.2, 0) is 0 Å². The highest BCUT2D eigenvalue weighted by atomic mass is 16.1. The minimum atomic E-state index is -0.231. The van der Waals surface area contributed by atoms with Gasteiger partial charge >= 0.3 is 0 Å². The molecule has 0 fully saturated rings. The maximum atomic E-state index is 12.4. The normalized spacial score (nSPS) is 11.2. The average Bonchev–Trinajstić information content (AvgIpc) is 2.69. The number of carbonyl (C=O) groups is 1. The largest absolute Gasteiger partial charge is 0.353 e. The first kappa shape index (κ1) is 17.2. The third kappa shape index (κ3) is 4.05. The van der Waals surface area contributed by atoms with E-state index >= 15 is 0 Å². The van der Waals surface area contributed by atoms with E-state index in [2.05, 4.69) is 21.7 Å². The molecule has 3 aromatic rings. The van der Waals surface area contributed by atoms with E-state index in [1.54, 1.807) is 24.4 Å². The van der Waals surface area contributed by atoms with Crippen molar-refractivity contribution in [2.24, 2.45) is 0 Å². The van der Waals surface area contributed by atoms with Gasteiger partial charge in [0.15, 0.2) is 0 Å². The van der Waals surface area contributed by atoms with Gasteiger partial charge in [0.2, 0.25) is 0 Å². The monoisotopic (exact) mass is 342 g/mol. The Morgan fingerprint density at radius 2 is 1.77 bits per heavy atom.